The summed E-state index contributed by atoms with van der Waals surface area (Å²) in [5.74, 6) is 0.151. The van der Waals surface area contributed by atoms with E-state index in [0.717, 1.165) is 28.5 Å². The summed E-state index contributed by atoms with van der Waals surface area (Å²) in [6, 6.07) is 0. The molecule has 118 valence electrons. The molecule has 0 atom stereocenters. The molecule has 1 fully saturated rings. The molecule has 1 aromatic rings. The van der Waals surface area contributed by atoms with E-state index in [1.165, 1.54) is 38.8 Å². The Kier molecular flexibility index (Phi) is 5.38. The molecule has 1 aliphatic heterocycles. The van der Waals surface area contributed by atoms with Crippen LogP contribution in [0.2, 0.25) is 0 Å². The van der Waals surface area contributed by atoms with Crippen molar-refractivity contribution in [2.24, 2.45) is 5.73 Å². The molecule has 2 rings (SSSR count). The number of thiazole rings is 1. The van der Waals surface area contributed by atoms with Crippen LogP contribution >= 0.6 is 11.3 Å². The van der Waals surface area contributed by atoms with E-state index in [9.17, 15) is 0 Å². The predicted molar refractivity (Wildman–Crippen MR) is 90.4 cm³/mol. The number of hydrogen-bond donors (Lipinski definition) is 2. The molecule has 4 nitrogen and oxygen atoms in total. The largest absolute Gasteiger partial charge is 0.383 e. The maximum Gasteiger partial charge on any atom is 0.135 e. The lowest BCUT2D eigenvalue weighted by atomic mass is 9.91. The molecule has 0 saturated carbocycles. The van der Waals surface area contributed by atoms with Gasteiger partial charge in [0.25, 0.3) is 0 Å². The van der Waals surface area contributed by atoms with E-state index in [1.807, 2.05) is 0 Å². The monoisotopic (exact) mass is 308 g/mol. The van der Waals surface area contributed by atoms with Gasteiger partial charge >= 0.3 is 0 Å². The van der Waals surface area contributed by atoms with Crippen molar-refractivity contribution in [2.75, 3.05) is 19.6 Å². The quantitative estimate of drug-likeness (QED) is 0.663. The highest BCUT2D eigenvalue weighted by molar-refractivity contribution is 7.13. The molecule has 21 heavy (non-hydrogen) atoms. The fourth-order valence-corrected chi connectivity index (χ4v) is 3.90. The average molecular weight is 308 g/mol. The number of amidine groups is 1. The number of nitrogens with zero attached hydrogens (tertiary/aromatic N) is 2. The molecular formula is C16H28N4S. The van der Waals surface area contributed by atoms with Crippen molar-refractivity contribution in [1.82, 2.24) is 9.88 Å². The summed E-state index contributed by atoms with van der Waals surface area (Å²) in [7, 11) is 0. The van der Waals surface area contributed by atoms with Gasteiger partial charge in [-0.2, -0.15) is 0 Å². The minimum atomic E-state index is -0.0572. The van der Waals surface area contributed by atoms with Crippen LogP contribution in [0.1, 0.15) is 62.0 Å². The Morgan fingerprint density at radius 1 is 1.24 bits per heavy atom. The van der Waals surface area contributed by atoms with Gasteiger partial charge in [0.2, 0.25) is 0 Å². The van der Waals surface area contributed by atoms with Crippen LogP contribution in [-0.4, -0.2) is 35.4 Å². The van der Waals surface area contributed by atoms with Gasteiger partial charge in [0.15, 0.2) is 0 Å². The third-order valence-electron chi connectivity index (χ3n) is 3.97. The van der Waals surface area contributed by atoms with Gasteiger partial charge in [-0.15, -0.1) is 11.3 Å². The molecule has 0 aliphatic carbocycles. The van der Waals surface area contributed by atoms with Gasteiger partial charge in [0.05, 0.1) is 15.6 Å². The zero-order chi connectivity index (χ0) is 15.5. The van der Waals surface area contributed by atoms with Gasteiger partial charge in [-0.25, -0.2) is 4.98 Å². The van der Waals surface area contributed by atoms with Gasteiger partial charge in [0, 0.05) is 18.4 Å². The second kappa shape index (κ2) is 6.88. The highest BCUT2D eigenvalue weighted by Crippen LogP contribution is 2.29. The van der Waals surface area contributed by atoms with Crippen LogP contribution in [-0.2, 0) is 11.8 Å². The Hall–Kier alpha value is -0.940. The molecule has 0 aromatic carbocycles. The fourth-order valence-electron chi connectivity index (χ4n) is 2.78. The van der Waals surface area contributed by atoms with Crippen LogP contribution in [0, 0.1) is 5.41 Å². The lowest BCUT2D eigenvalue weighted by Gasteiger charge is -2.19. The SMILES string of the molecule is CC(C)(C)c1nc(CCN2CCCCCC2)sc1C(=N)N. The van der Waals surface area contributed by atoms with Crippen molar-refractivity contribution in [3.8, 4) is 0 Å². The fraction of sp³-hybridized carbons (Fsp3) is 0.750. The number of likely N-dealkylation sites (tertiary alicyclic amines) is 1. The Morgan fingerprint density at radius 3 is 2.33 bits per heavy atom. The van der Waals surface area contributed by atoms with Crippen LogP contribution in [0.4, 0.5) is 0 Å². The highest BCUT2D eigenvalue weighted by atomic mass is 32.1. The van der Waals surface area contributed by atoms with Gasteiger partial charge in [0.1, 0.15) is 5.84 Å². The maximum atomic E-state index is 7.76. The zero-order valence-corrected chi connectivity index (χ0v) is 14.4. The third kappa shape index (κ3) is 4.51. The van der Waals surface area contributed by atoms with Crippen molar-refractivity contribution < 1.29 is 0 Å². The summed E-state index contributed by atoms with van der Waals surface area (Å²) in [6.45, 7) is 9.91. The van der Waals surface area contributed by atoms with E-state index in [0.29, 0.717) is 0 Å². The normalized spacial score (nSPS) is 17.7. The molecule has 3 N–H and O–H groups in total. The summed E-state index contributed by atoms with van der Waals surface area (Å²) in [5, 5.41) is 8.88. The molecule has 0 unspecified atom stereocenters. The van der Waals surface area contributed by atoms with Crippen molar-refractivity contribution in [1.29, 1.82) is 5.41 Å². The molecule has 1 aromatic heterocycles. The highest BCUT2D eigenvalue weighted by Gasteiger charge is 2.24. The van der Waals surface area contributed by atoms with E-state index in [1.54, 1.807) is 11.3 Å². The van der Waals surface area contributed by atoms with Crippen LogP contribution in [0.25, 0.3) is 0 Å². The van der Waals surface area contributed by atoms with Crippen molar-refractivity contribution in [2.45, 2.75) is 58.3 Å². The number of aromatic nitrogens is 1. The molecule has 1 aliphatic rings. The van der Waals surface area contributed by atoms with E-state index < -0.39 is 0 Å². The minimum Gasteiger partial charge on any atom is -0.383 e. The number of hydrogen-bond acceptors (Lipinski definition) is 4. The summed E-state index contributed by atoms with van der Waals surface area (Å²) in [4.78, 5) is 8.19. The number of nitrogens with one attached hydrogen (secondary N) is 1. The first-order valence-electron chi connectivity index (χ1n) is 7.95. The third-order valence-corrected chi connectivity index (χ3v) is 5.12. The van der Waals surface area contributed by atoms with Crippen LogP contribution in [0.3, 0.4) is 0 Å². The first-order valence-corrected chi connectivity index (χ1v) is 8.76. The first-order chi connectivity index (χ1) is 9.88. The van der Waals surface area contributed by atoms with Gasteiger partial charge in [-0.05, 0) is 25.9 Å². The van der Waals surface area contributed by atoms with Crippen LogP contribution < -0.4 is 5.73 Å². The topological polar surface area (TPSA) is 66.0 Å². The zero-order valence-electron chi connectivity index (χ0n) is 13.5. The second-order valence-electron chi connectivity index (χ2n) is 6.95. The standard InChI is InChI=1S/C16H28N4S/c1-16(2,3)14-13(15(17)18)21-12(19-14)8-11-20-9-6-4-5-7-10-20/h4-11H2,1-3H3,(H3,17,18). The van der Waals surface area contributed by atoms with Gasteiger partial charge < -0.3 is 10.6 Å². The Morgan fingerprint density at radius 2 is 1.86 bits per heavy atom. The smallest absolute Gasteiger partial charge is 0.135 e. The Bertz CT molecular complexity index is 479. The summed E-state index contributed by atoms with van der Waals surface area (Å²) in [5.41, 5.74) is 6.65. The number of nitrogens with two attached hydrogens (primary N) is 1. The molecule has 0 spiro atoms. The number of nitrogen functional groups attached to an aromatic ring is 1. The molecule has 0 amide bonds. The molecule has 0 radical (unpaired) electrons. The van der Waals surface area contributed by atoms with Crippen LogP contribution in [0.15, 0.2) is 0 Å². The van der Waals surface area contributed by atoms with Crippen molar-refractivity contribution in [3.63, 3.8) is 0 Å². The van der Waals surface area contributed by atoms with E-state index in [4.69, 9.17) is 16.1 Å². The lowest BCUT2D eigenvalue weighted by molar-refractivity contribution is 0.288. The number of rotatable bonds is 4. The van der Waals surface area contributed by atoms with Crippen molar-refractivity contribution >= 4 is 17.2 Å². The van der Waals surface area contributed by atoms with Crippen molar-refractivity contribution in [3.05, 3.63) is 15.6 Å². The Labute approximate surface area is 132 Å². The van der Waals surface area contributed by atoms with E-state index >= 15 is 0 Å². The second-order valence-corrected chi connectivity index (χ2v) is 8.04. The average Bonchev–Trinajstić information content (AvgIpc) is 2.67. The van der Waals surface area contributed by atoms with E-state index in [-0.39, 0.29) is 11.3 Å². The molecule has 2 heterocycles. The predicted octanol–water partition coefficient (Wildman–Crippen LogP) is 3.14. The van der Waals surface area contributed by atoms with E-state index in [2.05, 4.69) is 25.7 Å². The Balaban J connectivity index is 2.05. The lowest BCUT2D eigenvalue weighted by Crippen LogP contribution is -2.27. The first kappa shape index (κ1) is 16.4. The summed E-state index contributed by atoms with van der Waals surface area (Å²) < 4.78 is 0. The van der Waals surface area contributed by atoms with Gasteiger partial charge in [-0.3, -0.25) is 5.41 Å². The molecule has 1 saturated heterocycles. The van der Waals surface area contributed by atoms with Crippen LogP contribution in [0.5, 0.6) is 0 Å². The molecule has 5 heteroatoms. The summed E-state index contributed by atoms with van der Waals surface area (Å²) in [6.07, 6.45) is 6.36. The molecular weight excluding hydrogens is 280 g/mol. The van der Waals surface area contributed by atoms with Gasteiger partial charge in [-0.1, -0.05) is 33.6 Å². The minimum absolute atomic E-state index is 0.0572. The molecule has 0 bridgehead atoms. The maximum absolute atomic E-state index is 7.76. The summed E-state index contributed by atoms with van der Waals surface area (Å²) >= 11 is 1.60.